The number of hydrogen-bond acceptors (Lipinski definition) is 4. The highest BCUT2D eigenvalue weighted by Gasteiger charge is 2.35. The van der Waals surface area contributed by atoms with Gasteiger partial charge in [-0.1, -0.05) is 0 Å². The molecule has 0 aromatic carbocycles. The van der Waals surface area contributed by atoms with Crippen molar-refractivity contribution in [3.8, 4) is 0 Å². The van der Waals surface area contributed by atoms with Crippen molar-refractivity contribution in [2.45, 2.75) is 70.6 Å². The summed E-state index contributed by atoms with van der Waals surface area (Å²) in [5.41, 5.74) is 5.73. The van der Waals surface area contributed by atoms with E-state index in [4.69, 9.17) is 10.5 Å². The Labute approximate surface area is 139 Å². The Morgan fingerprint density at radius 2 is 1.74 bits per heavy atom. The van der Waals surface area contributed by atoms with E-state index in [2.05, 4.69) is 0 Å². The van der Waals surface area contributed by atoms with Crippen LogP contribution in [0.15, 0.2) is 0 Å². The molecule has 1 aliphatic carbocycles. The zero-order valence-electron chi connectivity index (χ0n) is 14.9. The lowest BCUT2D eigenvalue weighted by molar-refractivity contribution is -0.136. The molecule has 1 saturated heterocycles. The fourth-order valence-corrected chi connectivity index (χ4v) is 3.16. The van der Waals surface area contributed by atoms with E-state index in [0.29, 0.717) is 19.1 Å². The van der Waals surface area contributed by atoms with Gasteiger partial charge in [0.1, 0.15) is 5.60 Å². The number of nitrogens with two attached hydrogens (primary N) is 1. The van der Waals surface area contributed by atoms with Crippen LogP contribution in [0.2, 0.25) is 0 Å². The second-order valence-electron chi connectivity index (χ2n) is 7.86. The molecule has 1 heterocycles. The van der Waals surface area contributed by atoms with Gasteiger partial charge in [-0.3, -0.25) is 4.79 Å². The second-order valence-corrected chi connectivity index (χ2v) is 7.86. The fraction of sp³-hybridized carbons (Fsp3) is 0.882. The van der Waals surface area contributed by atoms with Crippen LogP contribution >= 0.6 is 0 Å². The first-order valence-corrected chi connectivity index (χ1v) is 8.69. The molecular formula is C17H31N3O3. The number of rotatable bonds is 3. The summed E-state index contributed by atoms with van der Waals surface area (Å²) in [6.07, 6.45) is 4.61. The van der Waals surface area contributed by atoms with Crippen LogP contribution < -0.4 is 5.73 Å². The lowest BCUT2D eigenvalue weighted by Crippen LogP contribution is -2.53. The number of nitrogens with zero attached hydrogens (tertiary/aromatic N) is 2. The first-order chi connectivity index (χ1) is 10.7. The molecule has 2 N–H and O–H groups in total. The number of hydrogen-bond donors (Lipinski definition) is 1. The Bertz CT molecular complexity index is 435. The van der Waals surface area contributed by atoms with Crippen molar-refractivity contribution in [1.29, 1.82) is 0 Å². The summed E-state index contributed by atoms with van der Waals surface area (Å²) in [4.78, 5) is 28.1. The first kappa shape index (κ1) is 18.0. The summed E-state index contributed by atoms with van der Waals surface area (Å²) >= 11 is 0. The quantitative estimate of drug-likeness (QED) is 0.861. The minimum atomic E-state index is -0.480. The van der Waals surface area contributed by atoms with Crippen LogP contribution in [0.3, 0.4) is 0 Å². The number of ether oxygens (including phenoxy) is 1. The highest BCUT2D eigenvalue weighted by atomic mass is 16.6. The molecule has 1 saturated carbocycles. The average molecular weight is 325 g/mol. The van der Waals surface area contributed by atoms with Crippen molar-refractivity contribution in [1.82, 2.24) is 9.80 Å². The van der Waals surface area contributed by atoms with Crippen molar-refractivity contribution in [2.24, 2.45) is 11.7 Å². The molecule has 2 fully saturated rings. The smallest absolute Gasteiger partial charge is 0.410 e. The maximum Gasteiger partial charge on any atom is 0.410 e. The molecule has 0 bridgehead atoms. The van der Waals surface area contributed by atoms with Crippen molar-refractivity contribution < 1.29 is 14.3 Å². The molecule has 6 nitrogen and oxygen atoms in total. The zero-order valence-corrected chi connectivity index (χ0v) is 14.9. The Balaban J connectivity index is 1.81. The molecule has 0 spiro atoms. The van der Waals surface area contributed by atoms with E-state index in [1.54, 1.807) is 4.90 Å². The lowest BCUT2D eigenvalue weighted by Gasteiger charge is -2.39. The predicted molar refractivity (Wildman–Crippen MR) is 88.9 cm³/mol. The third-order valence-corrected chi connectivity index (χ3v) is 4.95. The van der Waals surface area contributed by atoms with Gasteiger partial charge in [-0.05, 0) is 58.8 Å². The Morgan fingerprint density at radius 1 is 1.17 bits per heavy atom. The van der Waals surface area contributed by atoms with Crippen LogP contribution in [0, 0.1) is 5.92 Å². The molecule has 2 aliphatic rings. The predicted octanol–water partition coefficient (Wildman–Crippen LogP) is 1.97. The minimum absolute atomic E-state index is 0.0467. The van der Waals surface area contributed by atoms with Crippen molar-refractivity contribution >= 4 is 12.0 Å². The SMILES string of the molecule is CN(C(=O)C(N)C1CCN(C(=O)OC(C)(C)C)CC1)C1CCC1. The van der Waals surface area contributed by atoms with Gasteiger partial charge in [0.25, 0.3) is 0 Å². The average Bonchev–Trinajstić information content (AvgIpc) is 2.42. The number of carbonyl (C=O) groups excluding carboxylic acids is 2. The highest BCUT2D eigenvalue weighted by molar-refractivity contribution is 5.82. The standard InChI is InChI=1S/C17H31N3O3/c1-17(2,3)23-16(22)20-10-8-12(9-11-20)14(18)15(21)19(4)13-6-5-7-13/h12-14H,5-11,18H2,1-4H3. The van der Waals surface area contributed by atoms with E-state index in [1.165, 1.54) is 6.42 Å². The number of amides is 2. The molecule has 2 rings (SSSR count). The largest absolute Gasteiger partial charge is 0.444 e. The molecule has 2 amide bonds. The maximum atomic E-state index is 12.5. The van der Waals surface area contributed by atoms with E-state index in [1.807, 2.05) is 32.7 Å². The van der Waals surface area contributed by atoms with E-state index in [0.717, 1.165) is 25.7 Å². The third-order valence-electron chi connectivity index (χ3n) is 4.95. The van der Waals surface area contributed by atoms with Gasteiger partial charge in [0.2, 0.25) is 5.91 Å². The van der Waals surface area contributed by atoms with Gasteiger partial charge in [0, 0.05) is 26.2 Å². The normalized spacial score (nSPS) is 21.5. The molecule has 132 valence electrons. The molecule has 0 radical (unpaired) electrons. The van der Waals surface area contributed by atoms with Gasteiger partial charge in [0.15, 0.2) is 0 Å². The molecule has 1 aliphatic heterocycles. The van der Waals surface area contributed by atoms with E-state index < -0.39 is 11.6 Å². The Hall–Kier alpha value is -1.30. The van der Waals surface area contributed by atoms with Crippen LogP contribution in [-0.4, -0.2) is 59.6 Å². The van der Waals surface area contributed by atoms with E-state index >= 15 is 0 Å². The van der Waals surface area contributed by atoms with Gasteiger partial charge in [-0.25, -0.2) is 4.79 Å². The number of piperidine rings is 1. The molecule has 1 atom stereocenters. The Kier molecular flexibility index (Phi) is 5.55. The summed E-state index contributed by atoms with van der Waals surface area (Å²) in [7, 11) is 1.86. The summed E-state index contributed by atoms with van der Waals surface area (Å²) in [6, 6.07) is -0.0863. The lowest BCUT2D eigenvalue weighted by atomic mass is 9.87. The van der Waals surface area contributed by atoms with Crippen molar-refractivity contribution in [3.05, 3.63) is 0 Å². The maximum absolute atomic E-state index is 12.5. The fourth-order valence-electron chi connectivity index (χ4n) is 3.16. The van der Waals surface area contributed by atoms with Crippen molar-refractivity contribution in [2.75, 3.05) is 20.1 Å². The highest BCUT2D eigenvalue weighted by Crippen LogP contribution is 2.27. The number of likely N-dealkylation sites (tertiary alicyclic amines) is 1. The van der Waals surface area contributed by atoms with Crippen molar-refractivity contribution in [3.63, 3.8) is 0 Å². The van der Waals surface area contributed by atoms with Gasteiger partial charge in [0.05, 0.1) is 6.04 Å². The monoisotopic (exact) mass is 325 g/mol. The molecule has 1 unspecified atom stereocenters. The number of carbonyl (C=O) groups is 2. The topological polar surface area (TPSA) is 75.9 Å². The van der Waals surface area contributed by atoms with E-state index in [-0.39, 0.29) is 17.9 Å². The van der Waals surface area contributed by atoms with Crippen LogP contribution in [0.4, 0.5) is 4.79 Å². The van der Waals surface area contributed by atoms with E-state index in [9.17, 15) is 9.59 Å². The summed E-state index contributed by atoms with van der Waals surface area (Å²) in [5, 5.41) is 0. The summed E-state index contributed by atoms with van der Waals surface area (Å²) in [5.74, 6) is 0.189. The zero-order chi connectivity index (χ0) is 17.2. The minimum Gasteiger partial charge on any atom is -0.444 e. The van der Waals surface area contributed by atoms with Gasteiger partial charge in [-0.2, -0.15) is 0 Å². The molecule has 23 heavy (non-hydrogen) atoms. The number of likely N-dealkylation sites (N-methyl/N-ethyl adjacent to an activating group) is 1. The molecule has 0 aromatic rings. The van der Waals surface area contributed by atoms with Gasteiger partial charge < -0.3 is 20.3 Å². The van der Waals surface area contributed by atoms with Crippen LogP contribution in [0.5, 0.6) is 0 Å². The molecular weight excluding hydrogens is 294 g/mol. The second kappa shape index (κ2) is 7.07. The first-order valence-electron chi connectivity index (χ1n) is 8.69. The Morgan fingerprint density at radius 3 is 2.17 bits per heavy atom. The summed E-state index contributed by atoms with van der Waals surface area (Å²) < 4.78 is 5.39. The van der Waals surface area contributed by atoms with Crippen LogP contribution in [0.1, 0.15) is 52.9 Å². The van der Waals surface area contributed by atoms with Crippen LogP contribution in [-0.2, 0) is 9.53 Å². The summed E-state index contributed by atoms with van der Waals surface area (Å²) in [6.45, 7) is 6.80. The molecule has 0 aromatic heterocycles. The van der Waals surface area contributed by atoms with Gasteiger partial charge in [-0.15, -0.1) is 0 Å². The van der Waals surface area contributed by atoms with Gasteiger partial charge >= 0.3 is 6.09 Å². The third kappa shape index (κ3) is 4.59. The van der Waals surface area contributed by atoms with Crippen LogP contribution in [0.25, 0.3) is 0 Å². The molecule has 6 heteroatoms.